The summed E-state index contributed by atoms with van der Waals surface area (Å²) in [4.78, 5) is 39.5. The smallest absolute Gasteiger partial charge is 0.333 e. The van der Waals surface area contributed by atoms with Crippen LogP contribution < -0.4 is 26.1 Å². The number of carbonyl (C=O) groups is 1. The van der Waals surface area contributed by atoms with Crippen molar-refractivity contribution in [2.45, 2.75) is 20.0 Å². The fourth-order valence-electron chi connectivity index (χ4n) is 3.41. The Morgan fingerprint density at radius 1 is 1.13 bits per heavy atom. The Labute approximate surface area is 182 Å². The van der Waals surface area contributed by atoms with Crippen LogP contribution in [0.4, 0.5) is 17.3 Å². The van der Waals surface area contributed by atoms with Gasteiger partial charge in [0.1, 0.15) is 12.3 Å². The minimum Gasteiger partial charge on any atom is -0.495 e. The Hall–Kier alpha value is -3.59. The molecule has 0 spiro atoms. The molecule has 160 valence electrons. The molecule has 0 aliphatic carbocycles. The highest BCUT2D eigenvalue weighted by Crippen LogP contribution is 2.28. The predicted molar refractivity (Wildman–Crippen MR) is 118 cm³/mol. The first kappa shape index (κ1) is 20.7. The van der Waals surface area contributed by atoms with E-state index >= 15 is 0 Å². The molecule has 2 heterocycles. The highest BCUT2D eigenvalue weighted by atomic mass is 35.5. The molecule has 0 saturated heterocycles. The predicted octanol–water partition coefficient (Wildman–Crippen LogP) is 2.17. The molecular formula is C21H20ClN5O4. The zero-order chi connectivity index (χ0) is 22.1. The van der Waals surface area contributed by atoms with E-state index in [1.807, 2.05) is 36.1 Å². The van der Waals surface area contributed by atoms with Gasteiger partial charge in [-0.05, 0) is 37.3 Å². The molecule has 0 saturated carbocycles. The molecule has 9 nitrogen and oxygen atoms in total. The third-order valence-corrected chi connectivity index (χ3v) is 5.21. The van der Waals surface area contributed by atoms with Crippen LogP contribution in [0.25, 0.3) is 0 Å². The van der Waals surface area contributed by atoms with E-state index in [-0.39, 0.29) is 0 Å². The first-order valence-electron chi connectivity index (χ1n) is 9.57. The zero-order valence-electron chi connectivity index (χ0n) is 17.0. The summed E-state index contributed by atoms with van der Waals surface area (Å²) in [5, 5.41) is 7.37. The van der Waals surface area contributed by atoms with Crippen LogP contribution >= 0.6 is 11.6 Å². The Morgan fingerprint density at radius 3 is 2.58 bits per heavy atom. The lowest BCUT2D eigenvalue weighted by Crippen LogP contribution is -2.44. The summed E-state index contributed by atoms with van der Waals surface area (Å²) in [6.45, 7) is 2.40. The van der Waals surface area contributed by atoms with Gasteiger partial charge in [0.2, 0.25) is 11.9 Å². The Kier molecular flexibility index (Phi) is 5.51. The van der Waals surface area contributed by atoms with Gasteiger partial charge in [-0.2, -0.15) is 0 Å². The Morgan fingerprint density at radius 2 is 1.87 bits per heavy atom. The average molecular weight is 442 g/mol. The van der Waals surface area contributed by atoms with Gasteiger partial charge >= 0.3 is 11.1 Å². The van der Waals surface area contributed by atoms with Gasteiger partial charge < -0.3 is 15.0 Å². The molecule has 2 aromatic carbocycles. The molecule has 0 fully saturated rings. The molecule has 0 unspecified atom stereocenters. The van der Waals surface area contributed by atoms with Crippen LogP contribution in [0.1, 0.15) is 5.56 Å². The fourth-order valence-corrected chi connectivity index (χ4v) is 3.58. The van der Waals surface area contributed by atoms with Crippen molar-refractivity contribution in [3.8, 4) is 5.75 Å². The van der Waals surface area contributed by atoms with Gasteiger partial charge in [0.15, 0.2) is 0 Å². The fraction of sp³-hybridized carbons (Fsp3) is 0.238. The van der Waals surface area contributed by atoms with Crippen molar-refractivity contribution in [2.24, 2.45) is 0 Å². The first-order chi connectivity index (χ1) is 14.9. The maximum Gasteiger partial charge on any atom is 0.333 e. The van der Waals surface area contributed by atoms with Gasteiger partial charge in [-0.15, -0.1) is 5.10 Å². The number of fused-ring (bicyclic) bond motifs is 1. The number of nitrogens with one attached hydrogen (secondary N) is 1. The van der Waals surface area contributed by atoms with E-state index in [1.165, 1.54) is 17.7 Å². The topological polar surface area (TPSA) is 98.5 Å². The highest BCUT2D eigenvalue weighted by Gasteiger charge is 2.26. The van der Waals surface area contributed by atoms with Crippen LogP contribution in [-0.2, 0) is 17.9 Å². The molecule has 3 aromatic rings. The lowest BCUT2D eigenvalue weighted by atomic mass is 10.2. The summed E-state index contributed by atoms with van der Waals surface area (Å²) in [7, 11) is 1.46. The summed E-state index contributed by atoms with van der Waals surface area (Å²) < 4.78 is 7.42. The number of hydrogen-bond acceptors (Lipinski definition) is 6. The van der Waals surface area contributed by atoms with Crippen LogP contribution in [0.15, 0.2) is 52.1 Å². The summed E-state index contributed by atoms with van der Waals surface area (Å²) >= 11 is 5.99. The molecule has 0 bridgehead atoms. The number of aryl methyl sites for hydroxylation is 1. The van der Waals surface area contributed by atoms with Gasteiger partial charge in [0.05, 0.1) is 12.8 Å². The number of rotatable bonds is 5. The van der Waals surface area contributed by atoms with Crippen LogP contribution in [0.3, 0.4) is 0 Å². The van der Waals surface area contributed by atoms with Gasteiger partial charge in [0, 0.05) is 23.8 Å². The van der Waals surface area contributed by atoms with E-state index in [9.17, 15) is 14.4 Å². The van der Waals surface area contributed by atoms with E-state index < -0.39 is 23.6 Å². The molecule has 1 aliphatic rings. The third-order valence-electron chi connectivity index (χ3n) is 4.98. The summed E-state index contributed by atoms with van der Waals surface area (Å²) in [5.74, 6) is 0.193. The van der Waals surface area contributed by atoms with Crippen molar-refractivity contribution in [3.63, 3.8) is 0 Å². The normalized spacial score (nSPS) is 12.5. The van der Waals surface area contributed by atoms with Crippen LogP contribution in [0.2, 0.25) is 5.02 Å². The number of anilines is 3. The molecule has 31 heavy (non-hydrogen) atoms. The molecule has 1 aromatic heterocycles. The molecule has 1 aliphatic heterocycles. The number of methoxy groups -OCH3 is 1. The molecule has 1 amide bonds. The van der Waals surface area contributed by atoms with E-state index in [0.29, 0.717) is 35.5 Å². The number of hydrogen-bond donors (Lipinski definition) is 1. The quantitative estimate of drug-likeness (QED) is 0.609. The SMILES string of the molecule is COc1ccc(Cl)cc1NC(=O)Cn1nc2n(c(=O)c1=O)CCN2c1ccc(C)cc1. The standard InChI is InChI=1S/C21H20ClN5O4/c1-13-3-6-15(7-4-13)25-9-10-26-19(29)20(30)27(24-21(25)26)12-18(28)23-16-11-14(22)5-8-17(16)31-2/h3-8,11H,9-10,12H2,1-2H3,(H,23,28). The number of benzene rings is 2. The van der Waals surface area contributed by atoms with E-state index in [1.54, 1.807) is 12.1 Å². The minimum atomic E-state index is -0.859. The molecule has 10 heteroatoms. The minimum absolute atomic E-state index is 0.321. The summed E-state index contributed by atoms with van der Waals surface area (Å²) in [6, 6.07) is 12.5. The number of carbonyl (C=O) groups excluding carboxylic acids is 1. The van der Waals surface area contributed by atoms with Crippen molar-refractivity contribution in [1.82, 2.24) is 14.3 Å². The van der Waals surface area contributed by atoms with Gasteiger partial charge in [-0.3, -0.25) is 19.0 Å². The van der Waals surface area contributed by atoms with E-state index in [2.05, 4.69) is 10.4 Å². The number of ether oxygens (including phenoxy) is 1. The Bertz CT molecular complexity index is 1270. The van der Waals surface area contributed by atoms with Gasteiger partial charge in [-0.25, -0.2) is 4.68 Å². The largest absolute Gasteiger partial charge is 0.495 e. The first-order valence-corrected chi connectivity index (χ1v) is 9.94. The maximum absolute atomic E-state index is 12.6. The highest BCUT2D eigenvalue weighted by molar-refractivity contribution is 6.31. The second-order valence-electron chi connectivity index (χ2n) is 7.10. The lowest BCUT2D eigenvalue weighted by Gasteiger charge is -2.18. The second kappa shape index (κ2) is 8.27. The van der Waals surface area contributed by atoms with Crippen LogP contribution in [0, 0.1) is 6.92 Å². The van der Waals surface area contributed by atoms with Crippen molar-refractivity contribution in [3.05, 3.63) is 73.8 Å². The van der Waals surface area contributed by atoms with Crippen molar-refractivity contribution < 1.29 is 9.53 Å². The van der Waals surface area contributed by atoms with Crippen LogP contribution in [-0.4, -0.2) is 33.9 Å². The molecule has 4 rings (SSSR count). The van der Waals surface area contributed by atoms with Crippen LogP contribution in [0.5, 0.6) is 5.75 Å². The molecule has 1 N–H and O–H groups in total. The number of amides is 1. The molecule has 0 atom stereocenters. The van der Waals surface area contributed by atoms with Gasteiger partial charge in [0.25, 0.3) is 0 Å². The summed E-state index contributed by atoms with van der Waals surface area (Å²) in [5.41, 5.74) is 0.733. The monoisotopic (exact) mass is 441 g/mol. The van der Waals surface area contributed by atoms with E-state index in [4.69, 9.17) is 16.3 Å². The number of nitrogens with zero attached hydrogens (tertiary/aromatic N) is 4. The third kappa shape index (κ3) is 4.04. The second-order valence-corrected chi connectivity index (χ2v) is 7.54. The average Bonchev–Trinajstić information content (AvgIpc) is 3.16. The van der Waals surface area contributed by atoms with Crippen molar-refractivity contribution in [1.29, 1.82) is 0 Å². The zero-order valence-corrected chi connectivity index (χ0v) is 17.7. The lowest BCUT2D eigenvalue weighted by molar-refractivity contribution is -0.117. The van der Waals surface area contributed by atoms with Crippen molar-refractivity contribution >= 4 is 34.8 Å². The molecular weight excluding hydrogens is 422 g/mol. The van der Waals surface area contributed by atoms with Crippen molar-refractivity contribution in [2.75, 3.05) is 23.9 Å². The Balaban J connectivity index is 1.64. The van der Waals surface area contributed by atoms with E-state index in [0.717, 1.165) is 15.9 Å². The number of halogens is 1. The summed E-state index contributed by atoms with van der Waals surface area (Å²) in [6.07, 6.45) is 0. The molecule has 0 radical (unpaired) electrons. The van der Waals surface area contributed by atoms with Gasteiger partial charge in [-0.1, -0.05) is 29.3 Å². The number of aromatic nitrogens is 3. The maximum atomic E-state index is 12.6.